The summed E-state index contributed by atoms with van der Waals surface area (Å²) in [4.78, 5) is 12.7. The Morgan fingerprint density at radius 1 is 0.800 bits per heavy atom. The van der Waals surface area contributed by atoms with Gasteiger partial charge in [-0.3, -0.25) is 4.79 Å². The quantitative estimate of drug-likeness (QED) is 0.0590. The normalized spacial score (nSPS) is 18.3. The van der Waals surface area contributed by atoms with Gasteiger partial charge in [0.2, 0.25) is 11.0 Å². The number of carbonyl (C=O) groups excluding carboxylic acids is 1. The number of nitrogens with zero attached hydrogens (tertiary/aromatic N) is 4. The zero-order valence-corrected chi connectivity index (χ0v) is 29.8. The fraction of sp³-hybridized carbons (Fsp3) is 0.200. The fourth-order valence-electron chi connectivity index (χ4n) is 6.31. The summed E-state index contributed by atoms with van der Waals surface area (Å²) in [5.41, 5.74) is 3.55. The average Bonchev–Trinajstić information content (AvgIpc) is 3.70. The number of halogens is 5. The number of hydrogen-bond acceptors (Lipinski definition) is 8. The highest BCUT2D eigenvalue weighted by molar-refractivity contribution is 7.99. The predicted octanol–water partition coefficient (Wildman–Crippen LogP) is 8.03. The van der Waals surface area contributed by atoms with Gasteiger partial charge < -0.3 is 19.9 Å². The first-order valence-electron chi connectivity index (χ1n) is 17.1. The average molecular weight is 774 g/mol. The lowest BCUT2D eigenvalue weighted by Crippen LogP contribution is -2.38. The van der Waals surface area contributed by atoms with E-state index in [9.17, 15) is 31.9 Å². The fourth-order valence-corrected chi connectivity index (χ4v) is 7.36. The van der Waals surface area contributed by atoms with Crippen molar-refractivity contribution < 1.29 is 41.3 Å². The topological polar surface area (TPSA) is 111 Å². The number of para-hydroxylation sites is 1. The first kappa shape index (κ1) is 37.8. The van der Waals surface area contributed by atoms with Gasteiger partial charge in [-0.1, -0.05) is 110 Å². The summed E-state index contributed by atoms with van der Waals surface area (Å²) in [6.07, 6.45) is -1.46. The van der Waals surface area contributed by atoms with Gasteiger partial charge in [0.15, 0.2) is 29.6 Å². The van der Waals surface area contributed by atoms with E-state index in [1.54, 1.807) is 28.9 Å². The highest BCUT2D eigenvalue weighted by atomic mass is 32.2. The minimum atomic E-state index is -2.35. The molecule has 2 heterocycles. The molecule has 7 rings (SSSR count). The lowest BCUT2D eigenvalue weighted by Gasteiger charge is -2.41. The number of rotatable bonds is 11. The smallest absolute Gasteiger partial charge is 0.257 e. The van der Waals surface area contributed by atoms with Gasteiger partial charge in [-0.15, -0.1) is 5.10 Å². The molecular formula is C40H32F5N5O4S. The van der Waals surface area contributed by atoms with E-state index in [2.05, 4.69) is 27.8 Å². The van der Waals surface area contributed by atoms with Crippen LogP contribution in [0.2, 0.25) is 0 Å². The summed E-state index contributed by atoms with van der Waals surface area (Å²) in [5.74, 6) is -12.2. The molecule has 1 saturated heterocycles. The zero-order chi connectivity index (χ0) is 38.6. The van der Waals surface area contributed by atoms with E-state index >= 15 is 0 Å². The molecule has 4 atom stereocenters. The molecule has 0 saturated carbocycles. The Morgan fingerprint density at radius 3 is 2.13 bits per heavy atom. The van der Waals surface area contributed by atoms with Crippen LogP contribution in [0, 0.1) is 35.0 Å². The number of carbonyl (C=O) groups is 1. The lowest BCUT2D eigenvalue weighted by atomic mass is 9.91. The first-order chi connectivity index (χ1) is 26.6. The highest BCUT2D eigenvalue weighted by Gasteiger charge is 2.39. The number of tetrazole rings is 1. The van der Waals surface area contributed by atoms with Crippen molar-refractivity contribution in [3.05, 3.63) is 160 Å². The van der Waals surface area contributed by atoms with Gasteiger partial charge in [-0.2, -0.15) is 4.68 Å². The Balaban J connectivity index is 1.11. The van der Waals surface area contributed by atoms with Gasteiger partial charge >= 0.3 is 0 Å². The van der Waals surface area contributed by atoms with Gasteiger partial charge in [-0.05, 0) is 50.4 Å². The number of aromatic nitrogens is 4. The molecule has 1 amide bonds. The van der Waals surface area contributed by atoms with Crippen molar-refractivity contribution in [3.63, 3.8) is 0 Å². The van der Waals surface area contributed by atoms with Crippen LogP contribution >= 0.6 is 11.8 Å². The summed E-state index contributed by atoms with van der Waals surface area (Å²) >= 11 is 1.46. The van der Waals surface area contributed by atoms with Crippen LogP contribution in [0.5, 0.6) is 0 Å². The van der Waals surface area contributed by atoms with E-state index in [1.165, 1.54) is 11.8 Å². The molecule has 0 radical (unpaired) electrons. The van der Waals surface area contributed by atoms with Crippen molar-refractivity contribution >= 4 is 17.7 Å². The summed E-state index contributed by atoms with van der Waals surface area (Å²) in [6.45, 7) is 1.69. The van der Waals surface area contributed by atoms with Crippen LogP contribution in [0.25, 0.3) is 16.8 Å². The lowest BCUT2D eigenvalue weighted by molar-refractivity contribution is -0.268. The van der Waals surface area contributed by atoms with Crippen molar-refractivity contribution in [1.29, 1.82) is 0 Å². The van der Waals surface area contributed by atoms with Crippen LogP contribution in [-0.2, 0) is 22.6 Å². The molecule has 6 aromatic rings. The molecule has 5 aromatic carbocycles. The number of hydrogen-bond donors (Lipinski definition) is 2. The molecule has 0 bridgehead atoms. The summed E-state index contributed by atoms with van der Waals surface area (Å²) in [5, 5.41) is 24.7. The van der Waals surface area contributed by atoms with E-state index in [-0.39, 0.29) is 31.3 Å². The summed E-state index contributed by atoms with van der Waals surface area (Å²) < 4.78 is 84.4. The predicted molar refractivity (Wildman–Crippen MR) is 192 cm³/mol. The third-order valence-corrected chi connectivity index (χ3v) is 10.3. The van der Waals surface area contributed by atoms with Crippen LogP contribution in [0.3, 0.4) is 0 Å². The number of aliphatic hydroxyl groups is 1. The minimum Gasteiger partial charge on any atom is -0.392 e. The molecule has 282 valence electrons. The molecular weight excluding hydrogens is 742 g/mol. The molecule has 0 spiro atoms. The molecule has 1 aliphatic heterocycles. The molecule has 0 aliphatic carbocycles. The highest BCUT2D eigenvalue weighted by Crippen LogP contribution is 2.43. The molecule has 1 fully saturated rings. The number of thioether (sulfide) groups is 1. The van der Waals surface area contributed by atoms with Gasteiger partial charge in [0.05, 0.1) is 24.5 Å². The number of ether oxygens (including phenoxy) is 2. The van der Waals surface area contributed by atoms with Gasteiger partial charge in [-0.25, -0.2) is 22.0 Å². The largest absolute Gasteiger partial charge is 0.392 e. The van der Waals surface area contributed by atoms with Crippen molar-refractivity contribution in [3.8, 4) is 16.8 Å². The number of amides is 1. The van der Waals surface area contributed by atoms with Crippen molar-refractivity contribution in [2.75, 3.05) is 5.75 Å². The van der Waals surface area contributed by atoms with Gasteiger partial charge in [0.1, 0.15) is 5.56 Å². The van der Waals surface area contributed by atoms with Gasteiger partial charge in [0.25, 0.3) is 5.91 Å². The number of benzene rings is 5. The third kappa shape index (κ3) is 7.87. The molecule has 55 heavy (non-hydrogen) atoms. The van der Waals surface area contributed by atoms with E-state index in [4.69, 9.17) is 9.47 Å². The van der Waals surface area contributed by atoms with Crippen LogP contribution < -0.4 is 5.32 Å². The second kappa shape index (κ2) is 16.5. The van der Waals surface area contributed by atoms with Crippen molar-refractivity contribution in [2.45, 2.75) is 43.7 Å². The maximum Gasteiger partial charge on any atom is 0.257 e. The van der Waals surface area contributed by atoms with E-state index in [0.29, 0.717) is 33.2 Å². The van der Waals surface area contributed by atoms with Crippen LogP contribution in [0.15, 0.2) is 108 Å². The molecule has 15 heteroatoms. The SMILES string of the molecule is CC1C(CSc2nnnn2-c2ccccc2)OC(c2ccc(-c3ccccc3CNC(=O)c3c(F)c(F)c(F)c(F)c3F)cc2)OC1c1ccc(CO)cc1. The standard InChI is InChI=1S/C40H32F5N5O4S/c1-22-30(21-55-40-47-48-49-50(40)28-8-3-2-4-9-28)53-39(54-37(22)25-13-11-23(20-51)12-14-25)26-17-15-24(16-18-26)29-10-6-5-7-27(29)19-46-38(52)31-32(41)34(43)36(45)35(44)33(31)42/h2-18,22,30,37,39,51H,19-21H2,1H3,(H,46,52). The van der Waals surface area contributed by atoms with Crippen molar-refractivity contribution in [1.82, 2.24) is 25.5 Å². The molecule has 1 aromatic heterocycles. The van der Waals surface area contributed by atoms with Crippen LogP contribution in [-0.4, -0.2) is 43.1 Å². The maximum absolute atomic E-state index is 14.3. The Bertz CT molecular complexity index is 2270. The Kier molecular flexibility index (Phi) is 11.3. The zero-order valence-electron chi connectivity index (χ0n) is 29.0. The summed E-state index contributed by atoms with van der Waals surface area (Å²) in [7, 11) is 0. The Labute approximate surface area is 316 Å². The third-order valence-electron chi connectivity index (χ3n) is 9.33. The second-order valence-corrected chi connectivity index (χ2v) is 13.7. The number of nitrogens with one attached hydrogen (secondary N) is 1. The minimum absolute atomic E-state index is 0.0876. The van der Waals surface area contributed by atoms with Crippen LogP contribution in [0.1, 0.15) is 51.9 Å². The molecule has 9 nitrogen and oxygen atoms in total. The van der Waals surface area contributed by atoms with Crippen LogP contribution in [0.4, 0.5) is 22.0 Å². The monoisotopic (exact) mass is 773 g/mol. The maximum atomic E-state index is 14.3. The summed E-state index contributed by atoms with van der Waals surface area (Å²) in [6, 6.07) is 31.3. The number of aliphatic hydroxyl groups excluding tert-OH is 1. The van der Waals surface area contributed by atoms with Gasteiger partial charge in [0, 0.05) is 23.8 Å². The molecule has 4 unspecified atom stereocenters. The Morgan fingerprint density at radius 2 is 1.44 bits per heavy atom. The van der Waals surface area contributed by atoms with E-state index < -0.39 is 46.8 Å². The molecule has 2 N–H and O–H groups in total. The van der Waals surface area contributed by atoms with Crippen molar-refractivity contribution in [2.24, 2.45) is 5.92 Å². The van der Waals surface area contributed by atoms with E-state index in [0.717, 1.165) is 16.8 Å². The van der Waals surface area contributed by atoms with E-state index in [1.807, 2.05) is 78.9 Å². The Hall–Kier alpha value is -5.48. The second-order valence-electron chi connectivity index (χ2n) is 12.7. The first-order valence-corrected chi connectivity index (χ1v) is 18.1. The molecule has 1 aliphatic rings.